The Morgan fingerprint density at radius 1 is 1.28 bits per heavy atom. The zero-order chi connectivity index (χ0) is 13.1. The van der Waals surface area contributed by atoms with E-state index >= 15 is 0 Å². The third-order valence-corrected chi connectivity index (χ3v) is 2.57. The first-order chi connectivity index (χ1) is 8.56. The Kier molecular flexibility index (Phi) is 3.34. The maximum atomic E-state index is 11.1. The normalized spacial score (nSPS) is 10.1. The van der Waals surface area contributed by atoms with Crippen LogP contribution in [0.2, 0.25) is 5.02 Å². The Hall–Kier alpha value is -2.27. The van der Waals surface area contributed by atoms with Gasteiger partial charge in [0, 0.05) is 10.7 Å². The number of nitrogens with zero attached hydrogens (tertiary/aromatic N) is 1. The molecular weight excluding hydrogens is 252 g/mol. The molecule has 92 valence electrons. The van der Waals surface area contributed by atoms with Gasteiger partial charge in [-0.2, -0.15) is 0 Å². The molecule has 0 fully saturated rings. The fourth-order valence-electron chi connectivity index (χ4n) is 1.43. The summed E-state index contributed by atoms with van der Waals surface area (Å²) in [5.74, 6) is -0.102. The van der Waals surface area contributed by atoms with Gasteiger partial charge in [0.15, 0.2) is 0 Å². The van der Waals surface area contributed by atoms with Gasteiger partial charge in [-0.15, -0.1) is 0 Å². The Labute approximate surface area is 109 Å². The first kappa shape index (κ1) is 12.2. The predicted octanol–water partition coefficient (Wildman–Crippen LogP) is 2.16. The Bertz CT molecular complexity index is 583. The Balaban J connectivity index is 2.27. The predicted molar refractivity (Wildman–Crippen MR) is 71.9 cm³/mol. The fraction of sp³-hybridized carbons (Fsp3) is 0. The quantitative estimate of drug-likeness (QED) is 0.790. The summed E-state index contributed by atoms with van der Waals surface area (Å²) in [5.41, 5.74) is 12.1. The van der Waals surface area contributed by atoms with Crippen molar-refractivity contribution in [3.8, 4) is 0 Å². The first-order valence-corrected chi connectivity index (χ1v) is 5.52. The van der Waals surface area contributed by atoms with E-state index in [0.717, 1.165) is 5.69 Å². The third kappa shape index (κ3) is 2.70. The van der Waals surface area contributed by atoms with Gasteiger partial charge in [0.25, 0.3) is 5.91 Å². The molecule has 1 aromatic carbocycles. The third-order valence-electron chi connectivity index (χ3n) is 2.32. The summed E-state index contributed by atoms with van der Waals surface area (Å²) < 4.78 is 0. The van der Waals surface area contributed by atoms with Gasteiger partial charge in [-0.25, -0.2) is 4.98 Å². The lowest BCUT2D eigenvalue weighted by Crippen LogP contribution is -2.14. The molecule has 0 saturated heterocycles. The summed E-state index contributed by atoms with van der Waals surface area (Å²) in [6, 6.07) is 8.59. The van der Waals surface area contributed by atoms with E-state index in [1.54, 1.807) is 24.3 Å². The minimum atomic E-state index is -0.589. The van der Waals surface area contributed by atoms with Crippen LogP contribution < -0.4 is 16.8 Å². The van der Waals surface area contributed by atoms with E-state index in [-0.39, 0.29) is 11.3 Å². The van der Waals surface area contributed by atoms with Gasteiger partial charge in [-0.1, -0.05) is 11.6 Å². The number of nitrogens with two attached hydrogens (primary N) is 2. The van der Waals surface area contributed by atoms with Crippen LogP contribution >= 0.6 is 11.6 Å². The smallest absolute Gasteiger partial charge is 0.250 e. The number of primary amides is 1. The van der Waals surface area contributed by atoms with Crippen LogP contribution in [0, 0.1) is 0 Å². The lowest BCUT2D eigenvalue weighted by molar-refractivity contribution is 0.100. The van der Waals surface area contributed by atoms with Crippen molar-refractivity contribution in [2.24, 2.45) is 5.73 Å². The van der Waals surface area contributed by atoms with Crippen molar-refractivity contribution in [1.82, 2.24) is 4.98 Å². The largest absolute Gasteiger partial charge is 0.397 e. The van der Waals surface area contributed by atoms with E-state index in [1.165, 1.54) is 12.3 Å². The maximum Gasteiger partial charge on any atom is 0.250 e. The van der Waals surface area contributed by atoms with Crippen molar-refractivity contribution in [1.29, 1.82) is 0 Å². The molecule has 0 unspecified atom stereocenters. The Morgan fingerprint density at radius 2 is 1.94 bits per heavy atom. The van der Waals surface area contributed by atoms with E-state index < -0.39 is 5.91 Å². The number of nitrogen functional groups attached to an aromatic ring is 1. The molecule has 0 aliphatic heterocycles. The van der Waals surface area contributed by atoms with Crippen molar-refractivity contribution < 1.29 is 4.79 Å². The van der Waals surface area contributed by atoms with Crippen molar-refractivity contribution in [3.05, 3.63) is 47.1 Å². The average Bonchev–Trinajstić information content (AvgIpc) is 2.34. The van der Waals surface area contributed by atoms with E-state index in [1.807, 2.05) is 0 Å². The van der Waals surface area contributed by atoms with Gasteiger partial charge in [0.05, 0.1) is 17.4 Å². The molecule has 6 heteroatoms. The van der Waals surface area contributed by atoms with Crippen molar-refractivity contribution in [3.63, 3.8) is 0 Å². The summed E-state index contributed by atoms with van der Waals surface area (Å²) in [4.78, 5) is 15.2. The second-order valence-corrected chi connectivity index (χ2v) is 4.09. The van der Waals surface area contributed by atoms with Gasteiger partial charge in [0.1, 0.15) is 5.82 Å². The van der Waals surface area contributed by atoms with Crippen LogP contribution in [0.1, 0.15) is 10.4 Å². The molecule has 0 spiro atoms. The minimum Gasteiger partial charge on any atom is -0.397 e. The number of hydrogen-bond donors (Lipinski definition) is 3. The number of anilines is 3. The number of rotatable bonds is 3. The molecule has 2 aromatic rings. The summed E-state index contributed by atoms with van der Waals surface area (Å²) in [6.45, 7) is 0. The number of hydrogen-bond acceptors (Lipinski definition) is 4. The highest BCUT2D eigenvalue weighted by atomic mass is 35.5. The Morgan fingerprint density at radius 3 is 2.56 bits per heavy atom. The summed E-state index contributed by atoms with van der Waals surface area (Å²) in [6.07, 6.45) is 1.39. The zero-order valence-corrected chi connectivity index (χ0v) is 10.1. The van der Waals surface area contributed by atoms with E-state index in [2.05, 4.69) is 10.3 Å². The average molecular weight is 263 g/mol. The molecule has 5 N–H and O–H groups in total. The standard InChI is InChI=1S/C12H11ClN4O/c13-7-1-3-8(4-2-7)17-11-5-9(12(15)18)10(14)6-16-11/h1-6H,14H2,(H2,15,18)(H,16,17). The van der Waals surface area contributed by atoms with Gasteiger partial charge >= 0.3 is 0 Å². The minimum absolute atomic E-state index is 0.237. The number of carbonyl (C=O) groups is 1. The SMILES string of the molecule is NC(=O)c1cc(Nc2ccc(Cl)cc2)ncc1N. The van der Waals surface area contributed by atoms with Gasteiger partial charge in [-0.05, 0) is 30.3 Å². The monoisotopic (exact) mass is 262 g/mol. The zero-order valence-electron chi connectivity index (χ0n) is 9.35. The van der Waals surface area contributed by atoms with Crippen LogP contribution in [0.25, 0.3) is 0 Å². The van der Waals surface area contributed by atoms with Gasteiger partial charge in [0.2, 0.25) is 0 Å². The molecule has 2 rings (SSSR count). The van der Waals surface area contributed by atoms with Crippen LogP contribution in [0.3, 0.4) is 0 Å². The summed E-state index contributed by atoms with van der Waals surface area (Å²) in [7, 11) is 0. The van der Waals surface area contributed by atoms with E-state index in [9.17, 15) is 4.79 Å². The molecule has 1 aromatic heterocycles. The number of benzene rings is 1. The van der Waals surface area contributed by atoms with E-state index in [4.69, 9.17) is 23.1 Å². The molecule has 0 aliphatic carbocycles. The van der Waals surface area contributed by atoms with Crippen LogP contribution in [0.4, 0.5) is 17.2 Å². The van der Waals surface area contributed by atoms with E-state index in [0.29, 0.717) is 10.8 Å². The fourth-order valence-corrected chi connectivity index (χ4v) is 1.55. The topological polar surface area (TPSA) is 94.0 Å². The number of carbonyl (C=O) groups excluding carboxylic acids is 1. The van der Waals surface area contributed by atoms with Gasteiger partial charge < -0.3 is 16.8 Å². The summed E-state index contributed by atoms with van der Waals surface area (Å²) in [5, 5.41) is 3.66. The highest BCUT2D eigenvalue weighted by Gasteiger charge is 2.07. The highest BCUT2D eigenvalue weighted by Crippen LogP contribution is 2.20. The number of pyridine rings is 1. The van der Waals surface area contributed by atoms with Crippen LogP contribution in [0.15, 0.2) is 36.5 Å². The number of halogens is 1. The van der Waals surface area contributed by atoms with Crippen molar-refractivity contribution in [2.75, 3.05) is 11.1 Å². The second-order valence-electron chi connectivity index (χ2n) is 3.65. The lowest BCUT2D eigenvalue weighted by atomic mass is 10.2. The molecule has 0 bridgehead atoms. The molecule has 0 atom stereocenters. The molecule has 5 nitrogen and oxygen atoms in total. The lowest BCUT2D eigenvalue weighted by Gasteiger charge is -2.08. The highest BCUT2D eigenvalue weighted by molar-refractivity contribution is 6.30. The number of aromatic nitrogens is 1. The molecule has 0 aliphatic rings. The summed E-state index contributed by atoms with van der Waals surface area (Å²) >= 11 is 5.78. The number of amides is 1. The molecule has 0 radical (unpaired) electrons. The molecule has 0 saturated carbocycles. The van der Waals surface area contributed by atoms with Crippen LogP contribution in [0.5, 0.6) is 0 Å². The first-order valence-electron chi connectivity index (χ1n) is 5.14. The molecule has 18 heavy (non-hydrogen) atoms. The van der Waals surface area contributed by atoms with Crippen molar-refractivity contribution >= 4 is 34.7 Å². The number of nitrogens with one attached hydrogen (secondary N) is 1. The van der Waals surface area contributed by atoms with Crippen LogP contribution in [-0.2, 0) is 0 Å². The van der Waals surface area contributed by atoms with Crippen molar-refractivity contribution in [2.45, 2.75) is 0 Å². The van der Waals surface area contributed by atoms with Crippen LogP contribution in [-0.4, -0.2) is 10.9 Å². The second kappa shape index (κ2) is 4.93. The molecule has 1 amide bonds. The molecular formula is C12H11ClN4O. The van der Waals surface area contributed by atoms with Gasteiger partial charge in [-0.3, -0.25) is 4.79 Å². The molecule has 1 heterocycles. The maximum absolute atomic E-state index is 11.1.